The first kappa shape index (κ1) is 11.5. The minimum Gasteiger partial charge on any atom is -0.361 e. The first-order valence-electron chi connectivity index (χ1n) is 6.08. The zero-order chi connectivity index (χ0) is 13.1. The minimum atomic E-state index is -0.0891. The number of benzene rings is 1. The van der Waals surface area contributed by atoms with E-state index in [1.165, 1.54) is 0 Å². The van der Waals surface area contributed by atoms with Crippen molar-refractivity contribution in [2.75, 3.05) is 0 Å². The number of hydrogen-bond acceptors (Lipinski definition) is 2. The Bertz CT molecular complexity index is 703. The molecular weight excluding hydrogens is 238 g/mol. The average Bonchev–Trinajstić information content (AvgIpc) is 2.93. The largest absolute Gasteiger partial charge is 0.361 e. The Balaban J connectivity index is 1.73. The molecule has 2 heterocycles. The number of pyridine rings is 1. The van der Waals surface area contributed by atoms with E-state index in [0.717, 1.165) is 16.6 Å². The predicted molar refractivity (Wildman–Crippen MR) is 73.7 cm³/mol. The molecule has 0 fully saturated rings. The molecule has 0 spiro atoms. The van der Waals surface area contributed by atoms with Gasteiger partial charge in [-0.05, 0) is 36.4 Å². The summed E-state index contributed by atoms with van der Waals surface area (Å²) in [6.45, 7) is 0.435. The molecule has 0 aliphatic heterocycles. The zero-order valence-electron chi connectivity index (χ0n) is 10.3. The molecular formula is C15H13N3O. The van der Waals surface area contributed by atoms with E-state index in [0.29, 0.717) is 12.1 Å². The summed E-state index contributed by atoms with van der Waals surface area (Å²) < 4.78 is 0. The van der Waals surface area contributed by atoms with Gasteiger partial charge in [-0.15, -0.1) is 0 Å². The molecule has 0 unspecified atom stereocenters. The van der Waals surface area contributed by atoms with Gasteiger partial charge in [0.15, 0.2) is 0 Å². The van der Waals surface area contributed by atoms with E-state index in [-0.39, 0.29) is 5.91 Å². The number of H-pyrrole nitrogens is 1. The monoisotopic (exact) mass is 251 g/mol. The lowest BCUT2D eigenvalue weighted by Gasteiger charge is -2.04. The smallest absolute Gasteiger partial charge is 0.251 e. The fourth-order valence-corrected chi connectivity index (χ4v) is 1.97. The number of carbonyl (C=O) groups is 1. The number of carbonyl (C=O) groups excluding carboxylic acids is 1. The van der Waals surface area contributed by atoms with Crippen LogP contribution in [0.25, 0.3) is 10.9 Å². The number of rotatable bonds is 3. The highest BCUT2D eigenvalue weighted by Crippen LogP contribution is 2.14. The second kappa shape index (κ2) is 4.94. The van der Waals surface area contributed by atoms with Crippen molar-refractivity contribution in [3.8, 4) is 0 Å². The lowest BCUT2D eigenvalue weighted by atomic mass is 10.1. The summed E-state index contributed by atoms with van der Waals surface area (Å²) in [5.41, 5.74) is 2.53. The molecule has 0 bridgehead atoms. The number of nitrogens with one attached hydrogen (secondary N) is 2. The van der Waals surface area contributed by atoms with Gasteiger partial charge in [-0.2, -0.15) is 0 Å². The minimum absolute atomic E-state index is 0.0891. The summed E-state index contributed by atoms with van der Waals surface area (Å²) in [6.07, 6.45) is 3.58. The van der Waals surface area contributed by atoms with Gasteiger partial charge in [-0.3, -0.25) is 9.78 Å². The highest BCUT2D eigenvalue weighted by atomic mass is 16.1. The Kier molecular flexibility index (Phi) is 2.98. The topological polar surface area (TPSA) is 57.8 Å². The maximum Gasteiger partial charge on any atom is 0.251 e. The number of hydrogen-bond donors (Lipinski definition) is 2. The fourth-order valence-electron chi connectivity index (χ4n) is 1.97. The Morgan fingerprint density at radius 3 is 3.00 bits per heavy atom. The maximum absolute atomic E-state index is 12.0. The molecule has 0 saturated heterocycles. The third-order valence-electron chi connectivity index (χ3n) is 2.97. The Labute approximate surface area is 110 Å². The summed E-state index contributed by atoms with van der Waals surface area (Å²) >= 11 is 0. The van der Waals surface area contributed by atoms with Crippen molar-refractivity contribution in [2.24, 2.45) is 0 Å². The summed E-state index contributed by atoms with van der Waals surface area (Å²) in [5, 5.41) is 3.89. The quantitative estimate of drug-likeness (QED) is 0.751. The van der Waals surface area contributed by atoms with E-state index in [4.69, 9.17) is 0 Å². The summed E-state index contributed by atoms with van der Waals surface area (Å²) in [6, 6.07) is 13.2. The van der Waals surface area contributed by atoms with Gasteiger partial charge in [0.2, 0.25) is 0 Å². The number of fused-ring (bicyclic) bond motifs is 1. The summed E-state index contributed by atoms with van der Waals surface area (Å²) in [5.74, 6) is -0.0891. The predicted octanol–water partition coefficient (Wildman–Crippen LogP) is 2.49. The van der Waals surface area contributed by atoms with Crippen molar-refractivity contribution in [2.45, 2.75) is 6.54 Å². The second-order valence-corrected chi connectivity index (χ2v) is 4.28. The maximum atomic E-state index is 12.0. The molecule has 94 valence electrons. The molecule has 3 aromatic rings. The molecule has 2 N–H and O–H groups in total. The first-order chi connectivity index (χ1) is 9.33. The SMILES string of the molecule is O=C(NCc1ccccn1)c1ccc2[nH]ccc2c1. The van der Waals surface area contributed by atoms with Crippen LogP contribution in [-0.4, -0.2) is 15.9 Å². The van der Waals surface area contributed by atoms with Crippen molar-refractivity contribution in [3.63, 3.8) is 0 Å². The van der Waals surface area contributed by atoms with Crippen LogP contribution in [0.3, 0.4) is 0 Å². The Hall–Kier alpha value is -2.62. The van der Waals surface area contributed by atoms with Crippen LogP contribution < -0.4 is 5.32 Å². The highest BCUT2D eigenvalue weighted by molar-refractivity contribution is 5.97. The number of amides is 1. The third-order valence-corrected chi connectivity index (χ3v) is 2.97. The Morgan fingerprint density at radius 2 is 2.16 bits per heavy atom. The van der Waals surface area contributed by atoms with Crippen molar-refractivity contribution in [1.82, 2.24) is 15.3 Å². The van der Waals surface area contributed by atoms with Crippen molar-refractivity contribution in [1.29, 1.82) is 0 Å². The van der Waals surface area contributed by atoms with E-state index < -0.39 is 0 Å². The van der Waals surface area contributed by atoms with Gasteiger partial charge in [0, 0.05) is 28.9 Å². The van der Waals surface area contributed by atoms with Gasteiger partial charge in [-0.1, -0.05) is 6.07 Å². The van der Waals surface area contributed by atoms with E-state index in [9.17, 15) is 4.79 Å². The van der Waals surface area contributed by atoms with Crippen LogP contribution in [-0.2, 0) is 6.54 Å². The van der Waals surface area contributed by atoms with Crippen molar-refractivity contribution >= 4 is 16.8 Å². The van der Waals surface area contributed by atoms with Gasteiger partial charge in [0.25, 0.3) is 5.91 Å². The third kappa shape index (κ3) is 2.47. The van der Waals surface area contributed by atoms with Crippen LogP contribution in [0.1, 0.15) is 16.1 Å². The van der Waals surface area contributed by atoms with E-state index in [2.05, 4.69) is 15.3 Å². The van der Waals surface area contributed by atoms with Crippen LogP contribution >= 0.6 is 0 Å². The molecule has 0 aliphatic carbocycles. The van der Waals surface area contributed by atoms with Crippen molar-refractivity contribution in [3.05, 3.63) is 66.1 Å². The van der Waals surface area contributed by atoms with E-state index >= 15 is 0 Å². The first-order valence-corrected chi connectivity index (χ1v) is 6.08. The Morgan fingerprint density at radius 1 is 1.21 bits per heavy atom. The zero-order valence-corrected chi connectivity index (χ0v) is 10.3. The van der Waals surface area contributed by atoms with Crippen LogP contribution in [0.4, 0.5) is 0 Å². The highest BCUT2D eigenvalue weighted by Gasteiger charge is 2.06. The van der Waals surface area contributed by atoms with Crippen LogP contribution in [0.2, 0.25) is 0 Å². The van der Waals surface area contributed by atoms with Gasteiger partial charge in [0.1, 0.15) is 0 Å². The van der Waals surface area contributed by atoms with Crippen LogP contribution in [0, 0.1) is 0 Å². The molecule has 3 rings (SSSR count). The standard InChI is InChI=1S/C15H13N3O/c19-15(18-10-13-3-1-2-7-16-13)12-4-5-14-11(9-12)6-8-17-14/h1-9,17H,10H2,(H,18,19). The van der Waals surface area contributed by atoms with Crippen molar-refractivity contribution < 1.29 is 4.79 Å². The molecule has 19 heavy (non-hydrogen) atoms. The second-order valence-electron chi connectivity index (χ2n) is 4.28. The number of aromatic amines is 1. The van der Waals surface area contributed by atoms with Gasteiger partial charge < -0.3 is 10.3 Å². The molecule has 1 aromatic carbocycles. The molecule has 0 aliphatic rings. The summed E-state index contributed by atoms with van der Waals surface area (Å²) in [4.78, 5) is 19.3. The molecule has 0 saturated carbocycles. The molecule has 2 aromatic heterocycles. The lowest BCUT2D eigenvalue weighted by Crippen LogP contribution is -2.23. The summed E-state index contributed by atoms with van der Waals surface area (Å²) in [7, 11) is 0. The lowest BCUT2D eigenvalue weighted by molar-refractivity contribution is 0.0950. The number of nitrogens with zero attached hydrogens (tertiary/aromatic N) is 1. The van der Waals surface area contributed by atoms with E-state index in [1.807, 2.05) is 48.7 Å². The molecule has 1 amide bonds. The van der Waals surface area contributed by atoms with Crippen LogP contribution in [0.5, 0.6) is 0 Å². The average molecular weight is 251 g/mol. The molecule has 4 nitrogen and oxygen atoms in total. The molecule has 0 atom stereocenters. The van der Waals surface area contributed by atoms with Crippen LogP contribution in [0.15, 0.2) is 54.9 Å². The van der Waals surface area contributed by atoms with Gasteiger partial charge in [0.05, 0.1) is 12.2 Å². The van der Waals surface area contributed by atoms with E-state index in [1.54, 1.807) is 6.20 Å². The molecule has 0 radical (unpaired) electrons. The fraction of sp³-hybridized carbons (Fsp3) is 0.0667. The number of aromatic nitrogens is 2. The normalized spacial score (nSPS) is 10.5. The van der Waals surface area contributed by atoms with Gasteiger partial charge in [-0.25, -0.2) is 0 Å². The van der Waals surface area contributed by atoms with Gasteiger partial charge >= 0.3 is 0 Å². The molecule has 4 heteroatoms.